The van der Waals surface area contributed by atoms with Crippen LogP contribution in [0.2, 0.25) is 0 Å². The molecule has 0 aliphatic heterocycles. The minimum absolute atomic E-state index is 0.382. The lowest BCUT2D eigenvalue weighted by atomic mass is 9.70. The third-order valence-corrected chi connectivity index (χ3v) is 13.4. The van der Waals surface area contributed by atoms with E-state index in [-0.39, 0.29) is 5.41 Å². The minimum Gasteiger partial charge on any atom is -0.278 e. The Bertz CT molecular complexity index is 3410. The van der Waals surface area contributed by atoms with Crippen LogP contribution in [0.5, 0.6) is 0 Å². The van der Waals surface area contributed by atoms with E-state index in [0.717, 1.165) is 37.9 Å². The Kier molecular flexibility index (Phi) is 5.71. The molecule has 1 spiro atoms. The van der Waals surface area contributed by atoms with Crippen LogP contribution in [0.25, 0.3) is 92.3 Å². The van der Waals surface area contributed by atoms with E-state index >= 15 is 0 Å². The van der Waals surface area contributed by atoms with Crippen LogP contribution in [-0.4, -0.2) is 14.5 Å². The number of aromatic nitrogens is 3. The molecule has 0 N–H and O–H groups in total. The lowest BCUT2D eigenvalue weighted by Gasteiger charge is -2.30. The molecule has 8 aromatic carbocycles. The maximum atomic E-state index is 5.59. The van der Waals surface area contributed by atoms with Gasteiger partial charge in [-0.2, -0.15) is 0 Å². The monoisotopic (exact) mass is 715 g/mol. The molecule has 3 nitrogen and oxygen atoms in total. The van der Waals surface area contributed by atoms with E-state index in [1.807, 2.05) is 0 Å². The van der Waals surface area contributed by atoms with E-state index in [2.05, 4.69) is 180 Å². The number of hydrogen-bond donors (Lipinski definition) is 0. The molecule has 55 heavy (non-hydrogen) atoms. The predicted octanol–water partition coefficient (Wildman–Crippen LogP) is 13.1. The van der Waals surface area contributed by atoms with Crippen LogP contribution < -0.4 is 0 Å². The Morgan fingerprint density at radius 3 is 1.76 bits per heavy atom. The molecule has 4 heteroatoms. The smallest absolute Gasteiger partial charge is 0.235 e. The number of rotatable bonds is 2. The highest BCUT2D eigenvalue weighted by molar-refractivity contribution is 7.26. The van der Waals surface area contributed by atoms with Gasteiger partial charge in [0.1, 0.15) is 0 Å². The molecular weight excluding hydrogens is 687 g/mol. The molecule has 3 heterocycles. The highest BCUT2D eigenvalue weighted by Gasteiger charge is 2.51. The van der Waals surface area contributed by atoms with E-state index in [1.165, 1.54) is 70.8 Å². The molecule has 254 valence electrons. The molecule has 2 aliphatic carbocycles. The average molecular weight is 716 g/mol. The fraction of sp³-hybridized carbons (Fsp3) is 0.0196. The van der Waals surface area contributed by atoms with Crippen molar-refractivity contribution in [2.24, 2.45) is 0 Å². The average Bonchev–Trinajstić information content (AvgIpc) is 3.96. The minimum atomic E-state index is -0.382. The van der Waals surface area contributed by atoms with E-state index in [9.17, 15) is 0 Å². The van der Waals surface area contributed by atoms with Crippen molar-refractivity contribution in [1.29, 1.82) is 0 Å². The van der Waals surface area contributed by atoms with Crippen molar-refractivity contribution in [3.63, 3.8) is 0 Å². The van der Waals surface area contributed by atoms with Crippen LogP contribution in [0.15, 0.2) is 176 Å². The summed E-state index contributed by atoms with van der Waals surface area (Å²) in [6.45, 7) is 0. The second-order valence-corrected chi connectivity index (χ2v) is 15.9. The molecular formula is C51H29N3S. The molecule has 0 radical (unpaired) electrons. The molecule has 0 saturated carbocycles. The van der Waals surface area contributed by atoms with Gasteiger partial charge in [-0.05, 0) is 85.6 Å². The standard InChI is InChI=1S/C51H29N3S/c1-2-14-31-29-45-39(27-30(31)13-1)36-18-6-11-23-44(36)54(45)50-52-47(49-48(53-50)37-19-7-12-24-46(37)55-49)32-25-26-43-38(28-32)35-17-5-10-22-42(35)51(43)40-20-8-3-15-33(40)34-16-4-9-21-41(34)51/h1-29H. The van der Waals surface area contributed by atoms with E-state index < -0.39 is 0 Å². The molecule has 2 aliphatic rings. The van der Waals surface area contributed by atoms with Crippen LogP contribution >= 0.6 is 11.3 Å². The summed E-state index contributed by atoms with van der Waals surface area (Å²) in [5.41, 5.74) is 15.4. The number of nitrogens with zero attached hydrogens (tertiary/aromatic N) is 3. The summed E-state index contributed by atoms with van der Waals surface area (Å²) in [6, 6.07) is 64.6. The summed E-state index contributed by atoms with van der Waals surface area (Å²) >= 11 is 1.78. The molecule has 13 rings (SSSR count). The second kappa shape index (κ2) is 10.6. The molecule has 0 fully saturated rings. The van der Waals surface area contributed by atoms with E-state index in [1.54, 1.807) is 11.3 Å². The van der Waals surface area contributed by atoms with Crippen molar-refractivity contribution >= 4 is 64.2 Å². The van der Waals surface area contributed by atoms with Gasteiger partial charge in [-0.25, -0.2) is 9.97 Å². The van der Waals surface area contributed by atoms with Gasteiger partial charge < -0.3 is 0 Å². The molecule has 0 unspecified atom stereocenters. The molecule has 11 aromatic rings. The van der Waals surface area contributed by atoms with Crippen molar-refractivity contribution in [3.05, 3.63) is 198 Å². The summed E-state index contributed by atoms with van der Waals surface area (Å²) in [5, 5.41) is 5.97. The third kappa shape index (κ3) is 3.74. The van der Waals surface area contributed by atoms with Crippen molar-refractivity contribution < 1.29 is 0 Å². The molecule has 0 bridgehead atoms. The Labute approximate surface area is 320 Å². The van der Waals surface area contributed by atoms with Crippen molar-refractivity contribution in [3.8, 4) is 39.5 Å². The van der Waals surface area contributed by atoms with Crippen LogP contribution in [0.3, 0.4) is 0 Å². The maximum absolute atomic E-state index is 5.59. The molecule has 0 saturated heterocycles. The summed E-state index contributed by atoms with van der Waals surface area (Å²) < 4.78 is 4.59. The third-order valence-electron chi connectivity index (χ3n) is 12.2. The second-order valence-electron chi connectivity index (χ2n) is 14.9. The zero-order valence-electron chi connectivity index (χ0n) is 29.5. The summed E-state index contributed by atoms with van der Waals surface area (Å²) in [5.74, 6) is 0.684. The van der Waals surface area contributed by atoms with Gasteiger partial charge in [0.05, 0.1) is 32.4 Å². The zero-order valence-corrected chi connectivity index (χ0v) is 30.3. The Hall–Kier alpha value is -6.88. The summed E-state index contributed by atoms with van der Waals surface area (Å²) in [6.07, 6.45) is 0. The molecule has 3 aromatic heterocycles. The molecule has 0 amide bonds. The lowest BCUT2D eigenvalue weighted by molar-refractivity contribution is 0.794. The van der Waals surface area contributed by atoms with Crippen molar-refractivity contribution in [1.82, 2.24) is 14.5 Å². The van der Waals surface area contributed by atoms with E-state index in [0.29, 0.717) is 5.95 Å². The number of thiophene rings is 1. The van der Waals surface area contributed by atoms with Crippen LogP contribution in [0, 0.1) is 0 Å². The van der Waals surface area contributed by atoms with Crippen LogP contribution in [0.1, 0.15) is 22.3 Å². The van der Waals surface area contributed by atoms with Gasteiger partial charge in [0.25, 0.3) is 0 Å². The SMILES string of the molecule is c1ccc2c(c1)-c1ccccc1C21c2ccccc2-c2cc(-c3nc(-n4c5ccccc5c5cc6ccccc6cc54)nc4c3sc3ccccc34)ccc21. The summed E-state index contributed by atoms with van der Waals surface area (Å²) in [7, 11) is 0. The first-order chi connectivity index (χ1) is 27.3. The fourth-order valence-corrected chi connectivity index (χ4v) is 11.1. The van der Waals surface area contributed by atoms with Gasteiger partial charge in [-0.1, -0.05) is 146 Å². The van der Waals surface area contributed by atoms with E-state index in [4.69, 9.17) is 9.97 Å². The topological polar surface area (TPSA) is 30.7 Å². The van der Waals surface area contributed by atoms with Gasteiger partial charge in [-0.15, -0.1) is 11.3 Å². The number of para-hydroxylation sites is 1. The van der Waals surface area contributed by atoms with Crippen molar-refractivity contribution in [2.75, 3.05) is 0 Å². The van der Waals surface area contributed by atoms with Gasteiger partial charge in [0, 0.05) is 26.4 Å². The largest absolute Gasteiger partial charge is 0.278 e. The summed E-state index contributed by atoms with van der Waals surface area (Å²) in [4.78, 5) is 11.0. The van der Waals surface area contributed by atoms with Gasteiger partial charge in [-0.3, -0.25) is 4.57 Å². The lowest BCUT2D eigenvalue weighted by Crippen LogP contribution is -2.25. The quantitative estimate of drug-likeness (QED) is 0.178. The van der Waals surface area contributed by atoms with Crippen LogP contribution in [-0.2, 0) is 5.41 Å². The number of hydrogen-bond acceptors (Lipinski definition) is 3. The molecule has 0 atom stereocenters. The van der Waals surface area contributed by atoms with Crippen LogP contribution in [0.4, 0.5) is 0 Å². The normalized spacial score (nSPS) is 13.6. The fourth-order valence-electron chi connectivity index (χ4n) is 9.99. The first-order valence-electron chi connectivity index (χ1n) is 18.8. The first-order valence-corrected chi connectivity index (χ1v) is 19.6. The van der Waals surface area contributed by atoms with Gasteiger partial charge >= 0.3 is 0 Å². The number of fused-ring (bicyclic) bond motifs is 17. The Morgan fingerprint density at radius 1 is 0.436 bits per heavy atom. The van der Waals surface area contributed by atoms with Crippen molar-refractivity contribution in [2.45, 2.75) is 5.41 Å². The van der Waals surface area contributed by atoms with Gasteiger partial charge in [0.15, 0.2) is 0 Å². The Morgan fingerprint density at radius 2 is 1.02 bits per heavy atom. The highest BCUT2D eigenvalue weighted by atomic mass is 32.1. The number of benzene rings is 8. The predicted molar refractivity (Wildman–Crippen MR) is 228 cm³/mol. The van der Waals surface area contributed by atoms with Gasteiger partial charge in [0.2, 0.25) is 5.95 Å². The maximum Gasteiger partial charge on any atom is 0.235 e. The Balaban J connectivity index is 1.12. The zero-order chi connectivity index (χ0) is 35.8. The highest BCUT2D eigenvalue weighted by Crippen LogP contribution is 2.63. The first kappa shape index (κ1) is 29.6.